The molecule has 0 aliphatic heterocycles. The van der Waals surface area contributed by atoms with E-state index in [0.717, 1.165) is 45.4 Å². The van der Waals surface area contributed by atoms with E-state index in [9.17, 15) is 17.2 Å². The van der Waals surface area contributed by atoms with Gasteiger partial charge in [-0.15, -0.1) is 0 Å². The predicted molar refractivity (Wildman–Crippen MR) is 86.3 cm³/mol. The summed E-state index contributed by atoms with van der Waals surface area (Å²) in [6.07, 6.45) is 0. The van der Waals surface area contributed by atoms with Crippen LogP contribution in [0.25, 0.3) is 10.2 Å². The summed E-state index contributed by atoms with van der Waals surface area (Å²) in [6, 6.07) is 6.69. The molecule has 0 bridgehead atoms. The Morgan fingerprint density at radius 3 is 2.43 bits per heavy atom. The first-order chi connectivity index (χ1) is 10.8. The Morgan fingerprint density at radius 1 is 1.13 bits per heavy atom. The Balaban J connectivity index is 2.06. The van der Waals surface area contributed by atoms with Crippen LogP contribution in [-0.2, 0) is 10.0 Å². The number of rotatable bonds is 3. The van der Waals surface area contributed by atoms with Crippen molar-refractivity contribution in [2.45, 2.75) is 18.7 Å². The van der Waals surface area contributed by atoms with E-state index in [1.54, 1.807) is 0 Å². The van der Waals surface area contributed by atoms with Gasteiger partial charge in [-0.1, -0.05) is 23.5 Å². The van der Waals surface area contributed by atoms with E-state index in [0.29, 0.717) is 5.52 Å². The molecule has 1 aromatic heterocycles. The number of anilines is 1. The Hall–Kier alpha value is -2.06. The summed E-state index contributed by atoms with van der Waals surface area (Å²) in [4.78, 5) is 3.20. The largest absolute Gasteiger partial charge is 0.269 e. The molecule has 0 aliphatic carbocycles. The van der Waals surface area contributed by atoms with Crippen molar-refractivity contribution in [3.05, 3.63) is 53.1 Å². The molecule has 23 heavy (non-hydrogen) atoms. The first-order valence-corrected chi connectivity index (χ1v) is 8.92. The molecule has 3 rings (SSSR count). The Labute approximate surface area is 135 Å². The second kappa shape index (κ2) is 5.54. The van der Waals surface area contributed by atoms with Gasteiger partial charge in [0.15, 0.2) is 10.0 Å². The predicted octanol–water partition coefficient (Wildman–Crippen LogP) is 3.99. The molecule has 0 spiro atoms. The molecular weight excluding hydrogens is 342 g/mol. The molecule has 8 heteroatoms. The van der Waals surface area contributed by atoms with Crippen LogP contribution in [0, 0.1) is 25.5 Å². The quantitative estimate of drug-likeness (QED) is 0.774. The summed E-state index contributed by atoms with van der Waals surface area (Å²) >= 11 is 1.11. The highest BCUT2D eigenvalue weighted by Gasteiger charge is 2.25. The van der Waals surface area contributed by atoms with Gasteiger partial charge in [0.1, 0.15) is 11.6 Å². The molecule has 0 aliphatic rings. The molecule has 1 heterocycles. The summed E-state index contributed by atoms with van der Waals surface area (Å²) in [5, 5.41) is 0.0661. The lowest BCUT2D eigenvalue weighted by Gasteiger charge is -2.06. The molecule has 0 saturated carbocycles. The number of nitrogens with zero attached hydrogens (tertiary/aromatic N) is 1. The fourth-order valence-electron chi connectivity index (χ4n) is 2.32. The summed E-state index contributed by atoms with van der Waals surface area (Å²) < 4.78 is 54.8. The van der Waals surface area contributed by atoms with Crippen LogP contribution in [0.3, 0.4) is 0 Å². The molecular formula is C15H12F2N2O2S2. The second-order valence-corrected chi connectivity index (χ2v) is 7.75. The smallest absolute Gasteiger partial charge is 0.254 e. The van der Waals surface area contributed by atoms with Crippen molar-refractivity contribution in [3.63, 3.8) is 0 Å². The number of sulfonamides is 1. The maximum Gasteiger partial charge on any atom is 0.269 e. The molecule has 1 N–H and O–H groups in total. The third kappa shape index (κ3) is 2.91. The van der Waals surface area contributed by atoms with Gasteiger partial charge in [0, 0.05) is 0 Å². The highest BCUT2D eigenvalue weighted by molar-refractivity contribution is 7.93. The SMILES string of the molecule is Cc1cc(C)c2nc(NS(=O)(=O)c3c(F)cccc3F)sc2c1. The summed E-state index contributed by atoms with van der Waals surface area (Å²) in [7, 11) is -4.40. The fourth-order valence-corrected chi connectivity index (χ4v) is 4.74. The number of fused-ring (bicyclic) bond motifs is 1. The van der Waals surface area contributed by atoms with Crippen molar-refractivity contribution < 1.29 is 17.2 Å². The minimum Gasteiger partial charge on any atom is -0.254 e. The van der Waals surface area contributed by atoms with Gasteiger partial charge in [-0.25, -0.2) is 22.2 Å². The maximum absolute atomic E-state index is 13.7. The number of benzene rings is 2. The molecule has 0 amide bonds. The van der Waals surface area contributed by atoms with E-state index in [-0.39, 0.29) is 5.13 Å². The lowest BCUT2D eigenvalue weighted by molar-refractivity contribution is 0.521. The summed E-state index contributed by atoms with van der Waals surface area (Å²) in [5.41, 5.74) is 2.58. The molecule has 0 unspecified atom stereocenters. The number of aromatic nitrogens is 1. The number of hydrogen-bond donors (Lipinski definition) is 1. The lowest BCUT2D eigenvalue weighted by Crippen LogP contribution is -2.16. The van der Waals surface area contributed by atoms with Crippen LogP contribution in [0.2, 0.25) is 0 Å². The first kappa shape index (κ1) is 15.8. The van der Waals surface area contributed by atoms with Gasteiger partial charge in [0.05, 0.1) is 10.2 Å². The second-order valence-electron chi connectivity index (χ2n) is 5.10. The van der Waals surface area contributed by atoms with Gasteiger partial charge >= 0.3 is 0 Å². The molecule has 120 valence electrons. The summed E-state index contributed by atoms with van der Waals surface area (Å²) in [6.45, 7) is 3.79. The molecule has 4 nitrogen and oxygen atoms in total. The molecule has 0 radical (unpaired) electrons. The van der Waals surface area contributed by atoms with Gasteiger partial charge in [0.2, 0.25) is 0 Å². The van der Waals surface area contributed by atoms with Crippen LogP contribution in [-0.4, -0.2) is 13.4 Å². The summed E-state index contributed by atoms with van der Waals surface area (Å²) in [5.74, 6) is -2.30. The van der Waals surface area contributed by atoms with Gasteiger partial charge in [-0.3, -0.25) is 4.72 Å². The maximum atomic E-state index is 13.7. The zero-order chi connectivity index (χ0) is 16.8. The van der Waals surface area contributed by atoms with E-state index in [4.69, 9.17) is 0 Å². The van der Waals surface area contributed by atoms with Gasteiger partial charge in [-0.2, -0.15) is 0 Å². The molecule has 2 aromatic carbocycles. The standard InChI is InChI=1S/C15H12F2N2O2S2/c1-8-6-9(2)13-12(7-8)22-15(18-13)19-23(20,21)14-10(16)4-3-5-11(14)17/h3-7H,1-2H3,(H,18,19). The number of nitrogens with one attached hydrogen (secondary N) is 1. The normalized spacial score (nSPS) is 11.8. The van der Waals surface area contributed by atoms with E-state index in [1.807, 2.05) is 26.0 Å². The lowest BCUT2D eigenvalue weighted by atomic mass is 10.1. The van der Waals surface area contributed by atoms with Crippen LogP contribution in [0.15, 0.2) is 35.2 Å². The number of thiazole rings is 1. The molecule has 0 saturated heterocycles. The minimum atomic E-state index is -4.40. The fraction of sp³-hybridized carbons (Fsp3) is 0.133. The van der Waals surface area contributed by atoms with E-state index in [1.165, 1.54) is 0 Å². The van der Waals surface area contributed by atoms with Gasteiger partial charge in [0.25, 0.3) is 10.0 Å². The van der Waals surface area contributed by atoms with E-state index in [2.05, 4.69) is 9.71 Å². The average molecular weight is 354 g/mol. The number of aryl methyl sites for hydroxylation is 2. The highest BCUT2D eigenvalue weighted by atomic mass is 32.2. The van der Waals surface area contributed by atoms with Crippen molar-refractivity contribution in [1.29, 1.82) is 0 Å². The number of halogens is 2. The Morgan fingerprint density at radius 2 is 1.78 bits per heavy atom. The van der Waals surface area contributed by atoms with Crippen LogP contribution in [0.1, 0.15) is 11.1 Å². The first-order valence-electron chi connectivity index (χ1n) is 6.62. The van der Waals surface area contributed by atoms with Crippen LogP contribution >= 0.6 is 11.3 Å². The van der Waals surface area contributed by atoms with Crippen LogP contribution in [0.4, 0.5) is 13.9 Å². The molecule has 0 atom stereocenters. The van der Waals surface area contributed by atoms with Crippen molar-refractivity contribution in [2.75, 3.05) is 4.72 Å². The zero-order valence-corrected chi connectivity index (χ0v) is 13.9. The molecule has 0 fully saturated rings. The number of hydrogen-bond acceptors (Lipinski definition) is 4. The minimum absolute atomic E-state index is 0.0661. The Bertz CT molecular complexity index is 993. The van der Waals surface area contributed by atoms with Crippen LogP contribution in [0.5, 0.6) is 0 Å². The highest BCUT2D eigenvalue weighted by Crippen LogP contribution is 2.31. The third-order valence-electron chi connectivity index (χ3n) is 3.24. The molecule has 3 aromatic rings. The van der Waals surface area contributed by atoms with E-state index < -0.39 is 26.6 Å². The van der Waals surface area contributed by atoms with Gasteiger partial charge in [-0.05, 0) is 43.2 Å². The van der Waals surface area contributed by atoms with Crippen molar-refractivity contribution >= 4 is 36.7 Å². The van der Waals surface area contributed by atoms with Crippen molar-refractivity contribution in [2.24, 2.45) is 0 Å². The monoisotopic (exact) mass is 354 g/mol. The van der Waals surface area contributed by atoms with E-state index >= 15 is 0 Å². The topological polar surface area (TPSA) is 59.1 Å². The van der Waals surface area contributed by atoms with Crippen LogP contribution < -0.4 is 4.72 Å². The zero-order valence-electron chi connectivity index (χ0n) is 12.2. The van der Waals surface area contributed by atoms with Crippen molar-refractivity contribution in [1.82, 2.24) is 4.98 Å². The third-order valence-corrected chi connectivity index (χ3v) is 5.68. The van der Waals surface area contributed by atoms with Crippen molar-refractivity contribution in [3.8, 4) is 0 Å². The average Bonchev–Trinajstić information content (AvgIpc) is 2.79. The Kier molecular flexibility index (Phi) is 3.81. The van der Waals surface area contributed by atoms with Gasteiger partial charge < -0.3 is 0 Å².